The van der Waals surface area contributed by atoms with Gasteiger partial charge in [0.2, 0.25) is 0 Å². The van der Waals surface area contributed by atoms with E-state index in [0.29, 0.717) is 0 Å². The molecule has 0 bridgehead atoms. The van der Waals surface area contributed by atoms with Crippen LogP contribution in [0.2, 0.25) is 0 Å². The van der Waals surface area contributed by atoms with E-state index in [-0.39, 0.29) is 6.04 Å². The van der Waals surface area contributed by atoms with Crippen LogP contribution in [0.3, 0.4) is 0 Å². The second-order valence-electron chi connectivity index (χ2n) is 2.51. The Labute approximate surface area is 80.8 Å². The Morgan fingerprint density at radius 1 is 1.67 bits per heavy atom. The summed E-state index contributed by atoms with van der Waals surface area (Å²) in [6.45, 7) is 5.70. The van der Waals surface area contributed by atoms with Crippen LogP contribution in [0.25, 0.3) is 0 Å². The number of hydrogen-bond donors (Lipinski definition) is 1. The zero-order chi connectivity index (χ0) is 8.97. The van der Waals surface area contributed by atoms with Crippen molar-refractivity contribution in [2.75, 3.05) is 5.32 Å². The Hall–Kier alpha value is -0.830. The number of halogens is 1. The number of nitrogens with zero attached hydrogens (tertiary/aromatic N) is 1. The Morgan fingerprint density at radius 2 is 2.42 bits per heavy atom. The number of nitrogens with one attached hydrogen (secondary N) is 1. The van der Waals surface area contributed by atoms with Gasteiger partial charge in [0.25, 0.3) is 0 Å². The minimum atomic E-state index is 0.242. The molecule has 0 aromatic carbocycles. The Balaban J connectivity index is 2.69. The van der Waals surface area contributed by atoms with E-state index in [2.05, 4.69) is 32.8 Å². The van der Waals surface area contributed by atoms with Gasteiger partial charge in [-0.2, -0.15) is 0 Å². The summed E-state index contributed by atoms with van der Waals surface area (Å²) in [5.74, 6) is 0.858. The number of rotatable bonds is 3. The van der Waals surface area contributed by atoms with Crippen LogP contribution < -0.4 is 5.32 Å². The molecule has 0 amide bonds. The van der Waals surface area contributed by atoms with E-state index < -0.39 is 0 Å². The maximum atomic E-state index is 4.22. The molecule has 1 atom stereocenters. The first kappa shape index (κ1) is 9.26. The second-order valence-corrected chi connectivity index (χ2v) is 3.33. The topological polar surface area (TPSA) is 24.9 Å². The van der Waals surface area contributed by atoms with E-state index in [1.54, 1.807) is 0 Å². The molecule has 0 fully saturated rings. The molecule has 1 aromatic rings. The van der Waals surface area contributed by atoms with Gasteiger partial charge in [0, 0.05) is 6.04 Å². The minimum Gasteiger partial charge on any atom is -0.364 e. The number of pyridine rings is 1. The van der Waals surface area contributed by atoms with Crippen LogP contribution in [-0.2, 0) is 0 Å². The Morgan fingerprint density at radius 3 is 3.00 bits per heavy atom. The molecule has 1 unspecified atom stereocenters. The highest BCUT2D eigenvalue weighted by atomic mass is 79.9. The third kappa shape index (κ3) is 2.66. The van der Waals surface area contributed by atoms with Gasteiger partial charge in [-0.05, 0) is 35.0 Å². The third-order valence-corrected chi connectivity index (χ3v) is 1.89. The molecular weight excluding hydrogens is 216 g/mol. The smallest absolute Gasteiger partial charge is 0.127 e. The molecule has 0 aliphatic rings. The molecule has 64 valence electrons. The maximum Gasteiger partial charge on any atom is 0.127 e. The largest absolute Gasteiger partial charge is 0.364 e. The predicted molar refractivity (Wildman–Crippen MR) is 55.2 cm³/mol. The summed E-state index contributed by atoms with van der Waals surface area (Å²) in [6.07, 6.45) is 1.84. The van der Waals surface area contributed by atoms with Crippen molar-refractivity contribution in [1.29, 1.82) is 0 Å². The fourth-order valence-corrected chi connectivity index (χ4v) is 1.12. The molecule has 0 radical (unpaired) electrons. The standard InChI is InChI=1S/C9H11BrN2/c1-3-7(2)11-9-6-4-5-8(10)12-9/h3-7H,1H2,2H3,(H,11,12). The van der Waals surface area contributed by atoms with Crippen LogP contribution in [-0.4, -0.2) is 11.0 Å². The van der Waals surface area contributed by atoms with Crippen LogP contribution >= 0.6 is 15.9 Å². The summed E-state index contributed by atoms with van der Waals surface area (Å²) in [4.78, 5) is 4.22. The molecule has 0 aliphatic carbocycles. The van der Waals surface area contributed by atoms with Gasteiger partial charge < -0.3 is 5.32 Å². The van der Waals surface area contributed by atoms with E-state index in [4.69, 9.17) is 0 Å². The number of aromatic nitrogens is 1. The van der Waals surface area contributed by atoms with E-state index in [0.717, 1.165) is 10.4 Å². The highest BCUT2D eigenvalue weighted by molar-refractivity contribution is 9.10. The molecule has 2 nitrogen and oxygen atoms in total. The zero-order valence-electron chi connectivity index (χ0n) is 6.92. The maximum absolute atomic E-state index is 4.22. The van der Waals surface area contributed by atoms with Gasteiger partial charge in [-0.1, -0.05) is 12.1 Å². The van der Waals surface area contributed by atoms with Crippen molar-refractivity contribution in [2.24, 2.45) is 0 Å². The molecule has 1 rings (SSSR count). The Bertz CT molecular complexity index is 273. The van der Waals surface area contributed by atoms with E-state index in [1.807, 2.05) is 31.2 Å². The van der Waals surface area contributed by atoms with Gasteiger partial charge in [-0.15, -0.1) is 6.58 Å². The molecule has 3 heteroatoms. The van der Waals surface area contributed by atoms with Crippen LogP contribution in [0.15, 0.2) is 35.5 Å². The van der Waals surface area contributed by atoms with Crippen molar-refractivity contribution < 1.29 is 0 Å². The highest BCUT2D eigenvalue weighted by Crippen LogP contribution is 2.10. The first-order valence-corrected chi connectivity index (χ1v) is 4.53. The molecule has 0 saturated heterocycles. The second kappa shape index (κ2) is 4.26. The van der Waals surface area contributed by atoms with Gasteiger partial charge >= 0.3 is 0 Å². The monoisotopic (exact) mass is 226 g/mol. The summed E-state index contributed by atoms with van der Waals surface area (Å²) in [6, 6.07) is 6.00. The lowest BCUT2D eigenvalue weighted by Gasteiger charge is -2.09. The van der Waals surface area contributed by atoms with Crippen molar-refractivity contribution >= 4 is 21.7 Å². The quantitative estimate of drug-likeness (QED) is 0.634. The van der Waals surface area contributed by atoms with Crippen LogP contribution in [0.5, 0.6) is 0 Å². The van der Waals surface area contributed by atoms with E-state index >= 15 is 0 Å². The van der Waals surface area contributed by atoms with Gasteiger partial charge in [0.1, 0.15) is 10.4 Å². The molecule has 0 spiro atoms. The third-order valence-electron chi connectivity index (χ3n) is 1.44. The van der Waals surface area contributed by atoms with Crippen LogP contribution in [0.1, 0.15) is 6.92 Å². The van der Waals surface area contributed by atoms with Crippen molar-refractivity contribution in [3.05, 3.63) is 35.5 Å². The van der Waals surface area contributed by atoms with Crippen molar-refractivity contribution in [1.82, 2.24) is 4.98 Å². The normalized spacial score (nSPS) is 12.2. The SMILES string of the molecule is C=CC(C)Nc1cccc(Br)n1. The summed E-state index contributed by atoms with van der Waals surface area (Å²) in [7, 11) is 0. The fraction of sp³-hybridized carbons (Fsp3) is 0.222. The fourth-order valence-electron chi connectivity index (χ4n) is 0.781. The van der Waals surface area contributed by atoms with Crippen molar-refractivity contribution in [3.63, 3.8) is 0 Å². The lowest BCUT2D eigenvalue weighted by atomic mass is 10.3. The van der Waals surface area contributed by atoms with Gasteiger partial charge in [0.05, 0.1) is 0 Å². The molecule has 0 saturated carbocycles. The average molecular weight is 227 g/mol. The molecule has 0 aliphatic heterocycles. The molecule has 1 aromatic heterocycles. The molecule has 1 N–H and O–H groups in total. The first-order chi connectivity index (χ1) is 5.72. The summed E-state index contributed by atoms with van der Waals surface area (Å²) in [5, 5.41) is 3.17. The molecule has 1 heterocycles. The Kier molecular flexibility index (Phi) is 3.29. The van der Waals surface area contributed by atoms with Crippen LogP contribution in [0.4, 0.5) is 5.82 Å². The van der Waals surface area contributed by atoms with Gasteiger partial charge in [-0.3, -0.25) is 0 Å². The minimum absolute atomic E-state index is 0.242. The average Bonchev–Trinajstić information content (AvgIpc) is 2.04. The highest BCUT2D eigenvalue weighted by Gasteiger charge is 1.97. The lowest BCUT2D eigenvalue weighted by Crippen LogP contribution is -2.12. The summed E-state index contributed by atoms with van der Waals surface area (Å²) >= 11 is 3.30. The summed E-state index contributed by atoms with van der Waals surface area (Å²) < 4.78 is 0.837. The predicted octanol–water partition coefficient (Wildman–Crippen LogP) is 2.83. The van der Waals surface area contributed by atoms with E-state index in [1.165, 1.54) is 0 Å². The van der Waals surface area contributed by atoms with Crippen molar-refractivity contribution in [3.8, 4) is 0 Å². The summed E-state index contributed by atoms with van der Waals surface area (Å²) in [5.41, 5.74) is 0. The van der Waals surface area contributed by atoms with Gasteiger partial charge in [0.15, 0.2) is 0 Å². The van der Waals surface area contributed by atoms with Crippen molar-refractivity contribution in [2.45, 2.75) is 13.0 Å². The molecule has 12 heavy (non-hydrogen) atoms. The van der Waals surface area contributed by atoms with E-state index in [9.17, 15) is 0 Å². The molecular formula is C9H11BrN2. The first-order valence-electron chi connectivity index (χ1n) is 3.74. The number of anilines is 1. The lowest BCUT2D eigenvalue weighted by molar-refractivity contribution is 0.981. The van der Waals surface area contributed by atoms with Gasteiger partial charge in [-0.25, -0.2) is 4.98 Å². The number of hydrogen-bond acceptors (Lipinski definition) is 2. The zero-order valence-corrected chi connectivity index (χ0v) is 8.51. The van der Waals surface area contributed by atoms with Crippen LogP contribution in [0, 0.1) is 0 Å².